The summed E-state index contributed by atoms with van der Waals surface area (Å²) in [6.45, 7) is 0.300. The van der Waals surface area contributed by atoms with Crippen molar-refractivity contribution in [1.82, 2.24) is 4.98 Å². The summed E-state index contributed by atoms with van der Waals surface area (Å²) in [5.41, 5.74) is 4.71. The summed E-state index contributed by atoms with van der Waals surface area (Å²) >= 11 is 0. The highest BCUT2D eigenvalue weighted by molar-refractivity contribution is 5.13. The zero-order valence-corrected chi connectivity index (χ0v) is 6.80. The second kappa shape index (κ2) is 3.74. The monoisotopic (exact) mass is 190 g/mol. The van der Waals surface area contributed by atoms with Crippen LogP contribution in [0.15, 0.2) is 18.2 Å². The minimum atomic E-state index is -4.37. The molecule has 13 heavy (non-hydrogen) atoms. The molecule has 0 aliphatic carbocycles. The van der Waals surface area contributed by atoms with Crippen LogP contribution in [0.25, 0.3) is 0 Å². The molecule has 0 radical (unpaired) electrons. The summed E-state index contributed by atoms with van der Waals surface area (Å²) in [4.78, 5) is 3.43. The molecule has 1 aromatic heterocycles. The summed E-state index contributed by atoms with van der Waals surface area (Å²) in [7, 11) is 0. The van der Waals surface area contributed by atoms with E-state index in [9.17, 15) is 13.2 Å². The standard InChI is InChI=1S/C8H9F3N2/c9-8(10,11)7-3-1-2-6(13-7)4-5-12/h1-3H,4-5,12H2. The van der Waals surface area contributed by atoms with Gasteiger partial charge in [-0.3, -0.25) is 0 Å². The van der Waals surface area contributed by atoms with Crippen molar-refractivity contribution in [3.63, 3.8) is 0 Å². The lowest BCUT2D eigenvalue weighted by molar-refractivity contribution is -0.141. The smallest absolute Gasteiger partial charge is 0.330 e. The molecule has 2 N–H and O–H groups in total. The van der Waals surface area contributed by atoms with E-state index in [1.54, 1.807) is 0 Å². The zero-order chi connectivity index (χ0) is 9.90. The first kappa shape index (κ1) is 9.98. The lowest BCUT2D eigenvalue weighted by Gasteiger charge is -2.06. The maximum Gasteiger partial charge on any atom is 0.433 e. The molecule has 0 saturated heterocycles. The highest BCUT2D eigenvalue weighted by Gasteiger charge is 2.32. The number of alkyl halides is 3. The molecule has 5 heteroatoms. The number of rotatable bonds is 2. The van der Waals surface area contributed by atoms with Gasteiger partial charge in [-0.1, -0.05) is 6.07 Å². The molecular weight excluding hydrogens is 181 g/mol. The Bertz CT molecular complexity index is 283. The van der Waals surface area contributed by atoms with Gasteiger partial charge in [0.25, 0.3) is 0 Å². The Morgan fingerprint density at radius 2 is 2.00 bits per heavy atom. The molecule has 0 spiro atoms. The fourth-order valence-electron chi connectivity index (χ4n) is 0.925. The van der Waals surface area contributed by atoms with Crippen LogP contribution in [0.1, 0.15) is 11.4 Å². The molecule has 0 saturated carbocycles. The molecule has 0 aliphatic heterocycles. The Morgan fingerprint density at radius 3 is 2.54 bits per heavy atom. The SMILES string of the molecule is NCCc1cccc(C(F)(F)F)n1. The summed E-state index contributed by atoms with van der Waals surface area (Å²) in [5.74, 6) is 0. The van der Waals surface area contributed by atoms with Crippen molar-refractivity contribution in [3.8, 4) is 0 Å². The Hall–Kier alpha value is -1.10. The number of nitrogens with two attached hydrogens (primary N) is 1. The van der Waals surface area contributed by atoms with Gasteiger partial charge in [0, 0.05) is 12.1 Å². The fraction of sp³-hybridized carbons (Fsp3) is 0.375. The van der Waals surface area contributed by atoms with E-state index in [-0.39, 0.29) is 0 Å². The average Bonchev–Trinajstić information content (AvgIpc) is 2.04. The van der Waals surface area contributed by atoms with Crippen LogP contribution in [0.4, 0.5) is 13.2 Å². The van der Waals surface area contributed by atoms with Gasteiger partial charge in [0.05, 0.1) is 0 Å². The van der Waals surface area contributed by atoms with Crippen molar-refractivity contribution in [2.75, 3.05) is 6.54 Å². The third-order valence-corrected chi connectivity index (χ3v) is 1.50. The van der Waals surface area contributed by atoms with E-state index < -0.39 is 11.9 Å². The van der Waals surface area contributed by atoms with Gasteiger partial charge in [-0.25, -0.2) is 4.98 Å². The molecule has 0 aromatic carbocycles. The van der Waals surface area contributed by atoms with Crippen LogP contribution in [0.5, 0.6) is 0 Å². The number of nitrogens with zero attached hydrogens (tertiary/aromatic N) is 1. The lowest BCUT2D eigenvalue weighted by Crippen LogP contribution is -2.11. The molecule has 0 aliphatic rings. The van der Waals surface area contributed by atoms with E-state index in [4.69, 9.17) is 5.73 Å². The zero-order valence-electron chi connectivity index (χ0n) is 6.80. The highest BCUT2D eigenvalue weighted by Crippen LogP contribution is 2.27. The summed E-state index contributed by atoms with van der Waals surface area (Å²) in [6, 6.07) is 3.81. The molecule has 72 valence electrons. The minimum Gasteiger partial charge on any atom is -0.330 e. The topological polar surface area (TPSA) is 38.9 Å². The molecule has 0 bridgehead atoms. The first-order valence-corrected chi connectivity index (χ1v) is 3.77. The maximum absolute atomic E-state index is 12.1. The second-order valence-electron chi connectivity index (χ2n) is 2.55. The molecule has 0 unspecified atom stereocenters. The highest BCUT2D eigenvalue weighted by atomic mass is 19.4. The largest absolute Gasteiger partial charge is 0.433 e. The van der Waals surface area contributed by atoms with Gasteiger partial charge in [0.15, 0.2) is 0 Å². The molecule has 1 rings (SSSR count). The molecule has 2 nitrogen and oxygen atoms in total. The normalized spacial score (nSPS) is 11.7. The Kier molecular flexibility index (Phi) is 2.87. The third kappa shape index (κ3) is 2.69. The summed E-state index contributed by atoms with van der Waals surface area (Å²) in [5, 5.41) is 0. The van der Waals surface area contributed by atoms with E-state index in [0.29, 0.717) is 18.7 Å². The van der Waals surface area contributed by atoms with Crippen molar-refractivity contribution in [1.29, 1.82) is 0 Å². The van der Waals surface area contributed by atoms with E-state index in [0.717, 1.165) is 6.07 Å². The van der Waals surface area contributed by atoms with E-state index in [2.05, 4.69) is 4.98 Å². The van der Waals surface area contributed by atoms with Crippen molar-refractivity contribution >= 4 is 0 Å². The van der Waals surface area contributed by atoms with Gasteiger partial charge >= 0.3 is 6.18 Å². The molecule has 0 fully saturated rings. The quantitative estimate of drug-likeness (QED) is 0.769. The average molecular weight is 190 g/mol. The second-order valence-corrected chi connectivity index (χ2v) is 2.55. The number of pyridine rings is 1. The molecule has 0 amide bonds. The predicted molar refractivity (Wildman–Crippen MR) is 42.0 cm³/mol. The van der Waals surface area contributed by atoms with Crippen LogP contribution in [0.2, 0.25) is 0 Å². The van der Waals surface area contributed by atoms with Gasteiger partial charge in [-0.2, -0.15) is 13.2 Å². The van der Waals surface area contributed by atoms with E-state index in [1.807, 2.05) is 0 Å². The van der Waals surface area contributed by atoms with E-state index >= 15 is 0 Å². The van der Waals surface area contributed by atoms with Gasteiger partial charge in [-0.15, -0.1) is 0 Å². The predicted octanol–water partition coefficient (Wildman–Crippen LogP) is 1.60. The van der Waals surface area contributed by atoms with Crippen LogP contribution >= 0.6 is 0 Å². The first-order chi connectivity index (χ1) is 6.04. The molecular formula is C8H9F3N2. The van der Waals surface area contributed by atoms with Gasteiger partial charge in [-0.05, 0) is 18.7 Å². The van der Waals surface area contributed by atoms with Crippen molar-refractivity contribution < 1.29 is 13.2 Å². The first-order valence-electron chi connectivity index (χ1n) is 3.77. The Labute approximate surface area is 73.6 Å². The Morgan fingerprint density at radius 1 is 1.31 bits per heavy atom. The van der Waals surface area contributed by atoms with Crippen LogP contribution in [-0.2, 0) is 12.6 Å². The van der Waals surface area contributed by atoms with Gasteiger partial charge < -0.3 is 5.73 Å². The van der Waals surface area contributed by atoms with Crippen LogP contribution in [0, 0.1) is 0 Å². The number of halogens is 3. The lowest BCUT2D eigenvalue weighted by atomic mass is 10.2. The molecule has 1 heterocycles. The van der Waals surface area contributed by atoms with E-state index in [1.165, 1.54) is 12.1 Å². The van der Waals surface area contributed by atoms with Gasteiger partial charge in [0.2, 0.25) is 0 Å². The van der Waals surface area contributed by atoms with Crippen molar-refractivity contribution in [2.45, 2.75) is 12.6 Å². The number of aromatic nitrogens is 1. The van der Waals surface area contributed by atoms with Crippen LogP contribution < -0.4 is 5.73 Å². The minimum absolute atomic E-state index is 0.300. The summed E-state index contributed by atoms with van der Waals surface area (Å²) in [6.07, 6.45) is -4.01. The molecule has 0 atom stereocenters. The summed E-state index contributed by atoms with van der Waals surface area (Å²) < 4.78 is 36.3. The van der Waals surface area contributed by atoms with Crippen LogP contribution in [-0.4, -0.2) is 11.5 Å². The fourth-order valence-corrected chi connectivity index (χ4v) is 0.925. The number of hydrogen-bond donors (Lipinski definition) is 1. The van der Waals surface area contributed by atoms with Crippen molar-refractivity contribution in [3.05, 3.63) is 29.6 Å². The Balaban J connectivity index is 2.92. The number of hydrogen-bond acceptors (Lipinski definition) is 2. The third-order valence-electron chi connectivity index (χ3n) is 1.50. The van der Waals surface area contributed by atoms with Crippen LogP contribution in [0.3, 0.4) is 0 Å². The maximum atomic E-state index is 12.1. The molecule has 1 aromatic rings. The van der Waals surface area contributed by atoms with Gasteiger partial charge in [0.1, 0.15) is 5.69 Å². The van der Waals surface area contributed by atoms with Crippen molar-refractivity contribution in [2.24, 2.45) is 5.73 Å².